The normalized spacial score (nSPS) is 17.2. The largest absolute Gasteiger partial charge is 0.372 e. The van der Waals surface area contributed by atoms with E-state index in [2.05, 4.69) is 24.9 Å². The van der Waals surface area contributed by atoms with Crippen LogP contribution in [-0.2, 0) is 5.88 Å². The molecule has 16 heavy (non-hydrogen) atoms. The summed E-state index contributed by atoms with van der Waals surface area (Å²) in [5, 5.41) is 0.766. The second-order valence-electron chi connectivity index (χ2n) is 4.60. The molecule has 1 saturated carbocycles. The molecule has 1 fully saturated rings. The summed E-state index contributed by atoms with van der Waals surface area (Å²) >= 11 is 12.0. The van der Waals surface area contributed by atoms with Gasteiger partial charge in [-0.1, -0.05) is 17.7 Å². The maximum absolute atomic E-state index is 6.16. The van der Waals surface area contributed by atoms with E-state index in [0.29, 0.717) is 11.9 Å². The van der Waals surface area contributed by atoms with Gasteiger partial charge < -0.3 is 4.90 Å². The van der Waals surface area contributed by atoms with E-state index in [1.165, 1.54) is 18.5 Å². The Labute approximate surface area is 107 Å². The maximum Gasteiger partial charge on any atom is 0.0488 e. The molecule has 0 spiro atoms. The lowest BCUT2D eigenvalue weighted by Gasteiger charge is -2.27. The van der Waals surface area contributed by atoms with Gasteiger partial charge in [-0.2, -0.15) is 0 Å². The summed E-state index contributed by atoms with van der Waals surface area (Å²) in [7, 11) is 2.13. The molecule has 1 nitrogen and oxygen atoms in total. The highest BCUT2D eigenvalue weighted by Crippen LogP contribution is 2.36. The lowest BCUT2D eigenvalue weighted by molar-refractivity contribution is 0.609. The monoisotopic (exact) mass is 257 g/mol. The van der Waals surface area contributed by atoms with Crippen molar-refractivity contribution in [3.63, 3.8) is 0 Å². The first-order valence-corrected chi connectivity index (χ1v) is 6.62. The number of anilines is 1. The Morgan fingerprint density at radius 2 is 2.12 bits per heavy atom. The summed E-state index contributed by atoms with van der Waals surface area (Å²) in [5.41, 5.74) is 2.18. The lowest BCUT2D eigenvalue weighted by atomic mass is 10.1. The Balaban J connectivity index is 2.16. The molecule has 88 valence electrons. The quantitative estimate of drug-likeness (QED) is 0.727. The average molecular weight is 258 g/mol. The Hall–Kier alpha value is -0.400. The molecule has 0 radical (unpaired) electrons. The Morgan fingerprint density at radius 1 is 1.44 bits per heavy atom. The molecule has 0 amide bonds. The average Bonchev–Trinajstić information content (AvgIpc) is 3.11. The van der Waals surface area contributed by atoms with Gasteiger partial charge in [0.1, 0.15) is 0 Å². The number of hydrogen-bond acceptors (Lipinski definition) is 1. The third kappa shape index (κ3) is 2.46. The Morgan fingerprint density at radius 3 is 2.62 bits per heavy atom. The first-order valence-electron chi connectivity index (χ1n) is 5.70. The highest BCUT2D eigenvalue weighted by molar-refractivity contribution is 6.32. The van der Waals surface area contributed by atoms with Crippen LogP contribution >= 0.6 is 23.2 Å². The van der Waals surface area contributed by atoms with Crippen molar-refractivity contribution in [3.8, 4) is 0 Å². The third-order valence-corrected chi connectivity index (χ3v) is 4.14. The summed E-state index contributed by atoms with van der Waals surface area (Å²) in [6.07, 6.45) is 2.72. The van der Waals surface area contributed by atoms with E-state index in [1.807, 2.05) is 12.1 Å². The number of rotatable bonds is 4. The molecule has 0 aromatic heterocycles. The van der Waals surface area contributed by atoms with Crippen molar-refractivity contribution in [3.05, 3.63) is 28.8 Å². The number of benzene rings is 1. The molecule has 3 heteroatoms. The fourth-order valence-electron chi connectivity index (χ4n) is 1.99. The Kier molecular flexibility index (Phi) is 3.66. The van der Waals surface area contributed by atoms with Crippen molar-refractivity contribution < 1.29 is 0 Å². The molecule has 0 heterocycles. The van der Waals surface area contributed by atoms with Crippen LogP contribution in [0.3, 0.4) is 0 Å². The van der Waals surface area contributed by atoms with Gasteiger partial charge >= 0.3 is 0 Å². The van der Waals surface area contributed by atoms with E-state index in [0.717, 1.165) is 16.5 Å². The van der Waals surface area contributed by atoms with Crippen LogP contribution in [0.2, 0.25) is 5.02 Å². The van der Waals surface area contributed by atoms with E-state index >= 15 is 0 Å². The topological polar surface area (TPSA) is 3.24 Å². The minimum absolute atomic E-state index is 0.473. The van der Waals surface area contributed by atoms with Crippen LogP contribution in [0.5, 0.6) is 0 Å². The smallest absolute Gasteiger partial charge is 0.0488 e. The highest BCUT2D eigenvalue weighted by atomic mass is 35.5. The van der Waals surface area contributed by atoms with Crippen LogP contribution in [0.1, 0.15) is 25.3 Å². The van der Waals surface area contributed by atoms with Gasteiger partial charge in [0.05, 0.1) is 0 Å². The van der Waals surface area contributed by atoms with E-state index in [-0.39, 0.29) is 0 Å². The molecule has 1 aromatic carbocycles. The second kappa shape index (κ2) is 4.85. The molecule has 1 unspecified atom stereocenters. The number of halogens is 2. The minimum Gasteiger partial charge on any atom is -0.372 e. The number of nitrogens with zero attached hydrogens (tertiary/aromatic N) is 1. The van der Waals surface area contributed by atoms with Gasteiger partial charge in [0.2, 0.25) is 0 Å². The van der Waals surface area contributed by atoms with Gasteiger partial charge in [-0.25, -0.2) is 0 Å². The van der Waals surface area contributed by atoms with Gasteiger partial charge in [-0.05, 0) is 43.4 Å². The molecule has 0 bridgehead atoms. The van der Waals surface area contributed by atoms with Gasteiger partial charge in [-0.3, -0.25) is 0 Å². The maximum atomic E-state index is 6.16. The summed E-state index contributed by atoms with van der Waals surface area (Å²) < 4.78 is 0. The molecular formula is C13H17Cl2N. The predicted octanol–water partition coefficient (Wildman–Crippen LogP) is 4.31. The lowest BCUT2D eigenvalue weighted by Crippen LogP contribution is -2.30. The molecular weight excluding hydrogens is 241 g/mol. The van der Waals surface area contributed by atoms with Gasteiger partial charge in [-0.15, -0.1) is 11.6 Å². The first kappa shape index (κ1) is 12.1. The van der Waals surface area contributed by atoms with Crippen LogP contribution in [0.15, 0.2) is 18.2 Å². The zero-order valence-electron chi connectivity index (χ0n) is 9.71. The first-order chi connectivity index (χ1) is 7.63. The van der Waals surface area contributed by atoms with Crippen molar-refractivity contribution >= 4 is 28.9 Å². The van der Waals surface area contributed by atoms with Crippen molar-refractivity contribution in [2.45, 2.75) is 31.7 Å². The van der Waals surface area contributed by atoms with Crippen LogP contribution in [0, 0.1) is 5.92 Å². The molecule has 1 aliphatic carbocycles. The van der Waals surface area contributed by atoms with E-state index in [9.17, 15) is 0 Å². The molecule has 2 rings (SSSR count). The van der Waals surface area contributed by atoms with Crippen LogP contribution in [0.4, 0.5) is 5.69 Å². The molecule has 1 aromatic rings. The minimum atomic E-state index is 0.473. The molecule has 1 atom stereocenters. The van der Waals surface area contributed by atoms with Gasteiger partial charge in [0.25, 0.3) is 0 Å². The SMILES string of the molecule is CC(C1CC1)N(C)c1ccc(CCl)c(Cl)c1. The summed E-state index contributed by atoms with van der Waals surface area (Å²) in [4.78, 5) is 2.31. The van der Waals surface area contributed by atoms with E-state index < -0.39 is 0 Å². The van der Waals surface area contributed by atoms with E-state index in [4.69, 9.17) is 23.2 Å². The highest BCUT2D eigenvalue weighted by Gasteiger charge is 2.30. The van der Waals surface area contributed by atoms with E-state index in [1.54, 1.807) is 0 Å². The third-order valence-electron chi connectivity index (χ3n) is 3.50. The standard InChI is InChI=1S/C13H17Cl2N/c1-9(10-3-4-10)16(2)12-6-5-11(8-14)13(15)7-12/h5-7,9-10H,3-4,8H2,1-2H3. The number of hydrogen-bond donors (Lipinski definition) is 0. The second-order valence-corrected chi connectivity index (χ2v) is 5.27. The Bertz CT molecular complexity index is 374. The van der Waals surface area contributed by atoms with Crippen LogP contribution in [0.25, 0.3) is 0 Å². The zero-order valence-corrected chi connectivity index (χ0v) is 11.2. The molecule has 0 aliphatic heterocycles. The van der Waals surface area contributed by atoms with Gasteiger partial charge in [0.15, 0.2) is 0 Å². The molecule has 0 N–H and O–H groups in total. The van der Waals surface area contributed by atoms with Crippen LogP contribution < -0.4 is 4.90 Å². The zero-order chi connectivity index (χ0) is 11.7. The fraction of sp³-hybridized carbons (Fsp3) is 0.538. The summed E-state index contributed by atoms with van der Waals surface area (Å²) in [6.45, 7) is 2.28. The number of alkyl halides is 1. The van der Waals surface area contributed by atoms with Crippen LogP contribution in [-0.4, -0.2) is 13.1 Å². The van der Waals surface area contributed by atoms with Crippen molar-refractivity contribution in [2.24, 2.45) is 5.92 Å². The fourth-order valence-corrected chi connectivity index (χ4v) is 2.54. The van der Waals surface area contributed by atoms with Crippen molar-refractivity contribution in [1.82, 2.24) is 0 Å². The molecule has 1 aliphatic rings. The van der Waals surface area contributed by atoms with Gasteiger partial charge in [0, 0.05) is 29.7 Å². The summed E-state index contributed by atoms with van der Waals surface area (Å²) in [6, 6.07) is 6.72. The van der Waals surface area contributed by atoms with Crippen molar-refractivity contribution in [2.75, 3.05) is 11.9 Å². The summed E-state index contributed by atoms with van der Waals surface area (Å²) in [5.74, 6) is 1.33. The van der Waals surface area contributed by atoms with Crippen molar-refractivity contribution in [1.29, 1.82) is 0 Å². The molecule has 0 saturated heterocycles. The predicted molar refractivity (Wildman–Crippen MR) is 71.6 cm³/mol.